The van der Waals surface area contributed by atoms with Crippen molar-refractivity contribution in [2.24, 2.45) is 5.92 Å². The summed E-state index contributed by atoms with van der Waals surface area (Å²) in [6.07, 6.45) is 3.04. The first kappa shape index (κ1) is 21.6. The van der Waals surface area contributed by atoms with Crippen LogP contribution in [0.1, 0.15) is 38.2 Å². The highest BCUT2D eigenvalue weighted by atomic mass is 32.2. The minimum Gasteiger partial charge on any atom is -0.482 e. The number of anilines is 1. The number of ether oxygens (including phenoxy) is 1. The molecule has 0 spiro atoms. The maximum atomic E-state index is 13.2. The fourth-order valence-corrected chi connectivity index (χ4v) is 5.48. The Bertz CT molecular complexity index is 892. The number of carbonyl (C=O) groups excluding carboxylic acids is 2. The normalized spacial score (nSPS) is 18.0. The van der Waals surface area contributed by atoms with Gasteiger partial charge >= 0.3 is 0 Å². The van der Waals surface area contributed by atoms with E-state index in [0.29, 0.717) is 42.9 Å². The van der Waals surface area contributed by atoms with Gasteiger partial charge in [-0.2, -0.15) is 4.31 Å². The number of aryl methyl sites for hydroxylation is 1. The van der Waals surface area contributed by atoms with Crippen molar-refractivity contribution >= 4 is 27.5 Å². The van der Waals surface area contributed by atoms with Crippen LogP contribution in [0.25, 0.3) is 0 Å². The van der Waals surface area contributed by atoms with E-state index in [2.05, 4.69) is 12.2 Å². The van der Waals surface area contributed by atoms with Gasteiger partial charge in [0.2, 0.25) is 15.9 Å². The Morgan fingerprint density at radius 3 is 2.66 bits per heavy atom. The first-order chi connectivity index (χ1) is 13.7. The molecule has 0 atom stereocenters. The molecule has 29 heavy (non-hydrogen) atoms. The third-order valence-corrected chi connectivity index (χ3v) is 7.59. The molecule has 160 valence electrons. The quantitative estimate of drug-likeness (QED) is 0.755. The lowest BCUT2D eigenvalue weighted by molar-refractivity contribution is -0.135. The molecular formula is C20H29N3O5S. The van der Waals surface area contributed by atoms with Gasteiger partial charge in [-0.05, 0) is 37.8 Å². The number of amides is 2. The largest absolute Gasteiger partial charge is 0.482 e. The third kappa shape index (κ3) is 4.56. The Labute approximate surface area is 172 Å². The highest BCUT2D eigenvalue weighted by Gasteiger charge is 2.34. The van der Waals surface area contributed by atoms with Gasteiger partial charge in [0.05, 0.1) is 10.6 Å². The number of nitrogens with one attached hydrogen (secondary N) is 1. The standard InChI is InChI=1S/C20H29N3O5S/c1-4-5-8-22(3)20(25)15-6-9-23(10-7-15)29(26,27)18-12-17-16(11-14(18)2)21-19(24)13-28-17/h11-12,15H,4-10,13H2,1-3H3,(H,21,24). The van der Waals surface area contributed by atoms with Crippen LogP contribution in [0.4, 0.5) is 5.69 Å². The molecule has 9 heteroatoms. The van der Waals surface area contributed by atoms with E-state index >= 15 is 0 Å². The monoisotopic (exact) mass is 423 g/mol. The molecule has 0 unspecified atom stereocenters. The molecule has 3 rings (SSSR count). The molecule has 8 nitrogen and oxygen atoms in total. The summed E-state index contributed by atoms with van der Waals surface area (Å²) in [4.78, 5) is 26.0. The van der Waals surface area contributed by atoms with Gasteiger partial charge < -0.3 is 15.0 Å². The van der Waals surface area contributed by atoms with Crippen molar-refractivity contribution in [3.63, 3.8) is 0 Å². The summed E-state index contributed by atoms with van der Waals surface area (Å²) in [6.45, 7) is 5.02. The number of fused-ring (bicyclic) bond motifs is 1. The molecular weight excluding hydrogens is 394 g/mol. The van der Waals surface area contributed by atoms with Gasteiger partial charge in [0.1, 0.15) is 5.75 Å². The highest BCUT2D eigenvalue weighted by Crippen LogP contribution is 2.35. The summed E-state index contributed by atoms with van der Waals surface area (Å²) in [5.41, 5.74) is 1.03. The van der Waals surface area contributed by atoms with Crippen LogP contribution in [-0.4, -0.2) is 62.7 Å². The summed E-state index contributed by atoms with van der Waals surface area (Å²) in [5.74, 6) is 0.0654. The molecule has 1 fully saturated rings. The van der Waals surface area contributed by atoms with Crippen molar-refractivity contribution in [2.75, 3.05) is 38.6 Å². The topological polar surface area (TPSA) is 96.0 Å². The smallest absolute Gasteiger partial charge is 0.262 e. The number of nitrogens with zero attached hydrogens (tertiary/aromatic N) is 2. The SMILES string of the molecule is CCCCN(C)C(=O)C1CCN(S(=O)(=O)c2cc3c(cc2C)NC(=O)CO3)CC1. The lowest BCUT2D eigenvalue weighted by Crippen LogP contribution is -2.43. The fraction of sp³-hybridized carbons (Fsp3) is 0.600. The first-order valence-electron chi connectivity index (χ1n) is 10.1. The molecule has 2 aliphatic heterocycles. The van der Waals surface area contributed by atoms with E-state index in [-0.39, 0.29) is 29.2 Å². The van der Waals surface area contributed by atoms with E-state index in [1.54, 1.807) is 17.9 Å². The van der Waals surface area contributed by atoms with Crippen molar-refractivity contribution in [1.29, 1.82) is 0 Å². The van der Waals surface area contributed by atoms with E-state index in [4.69, 9.17) is 4.74 Å². The summed E-state index contributed by atoms with van der Waals surface area (Å²) in [6, 6.07) is 3.10. The van der Waals surface area contributed by atoms with Gasteiger partial charge in [-0.3, -0.25) is 9.59 Å². The van der Waals surface area contributed by atoms with Crippen molar-refractivity contribution in [1.82, 2.24) is 9.21 Å². The van der Waals surface area contributed by atoms with Gasteiger partial charge in [0.15, 0.2) is 6.61 Å². The minimum absolute atomic E-state index is 0.101. The van der Waals surface area contributed by atoms with Crippen LogP contribution in [0.5, 0.6) is 5.75 Å². The van der Waals surface area contributed by atoms with E-state index < -0.39 is 10.0 Å². The van der Waals surface area contributed by atoms with Crippen LogP contribution in [-0.2, 0) is 19.6 Å². The number of sulfonamides is 1. The second kappa shape index (κ2) is 8.71. The second-order valence-electron chi connectivity index (χ2n) is 7.74. The summed E-state index contributed by atoms with van der Waals surface area (Å²) >= 11 is 0. The third-order valence-electron chi connectivity index (χ3n) is 5.55. The zero-order valence-corrected chi connectivity index (χ0v) is 18.0. The number of unbranched alkanes of at least 4 members (excludes halogenated alkanes) is 1. The molecule has 0 bridgehead atoms. The van der Waals surface area contributed by atoms with E-state index in [1.165, 1.54) is 10.4 Å². The van der Waals surface area contributed by atoms with Crippen LogP contribution in [0.15, 0.2) is 17.0 Å². The average Bonchev–Trinajstić information content (AvgIpc) is 2.70. The van der Waals surface area contributed by atoms with Crippen LogP contribution < -0.4 is 10.1 Å². The van der Waals surface area contributed by atoms with Crippen LogP contribution in [0.3, 0.4) is 0 Å². The maximum Gasteiger partial charge on any atom is 0.262 e. The van der Waals surface area contributed by atoms with Gasteiger partial charge in [-0.15, -0.1) is 0 Å². The number of hydrogen-bond donors (Lipinski definition) is 1. The molecule has 2 amide bonds. The minimum atomic E-state index is -3.71. The molecule has 0 aromatic heterocycles. The first-order valence-corrected chi connectivity index (χ1v) is 11.5. The zero-order valence-electron chi connectivity index (χ0n) is 17.2. The van der Waals surface area contributed by atoms with Crippen LogP contribution in [0.2, 0.25) is 0 Å². The second-order valence-corrected chi connectivity index (χ2v) is 9.65. The van der Waals surface area contributed by atoms with Gasteiger partial charge in [-0.1, -0.05) is 13.3 Å². The van der Waals surface area contributed by atoms with Crippen molar-refractivity contribution < 1.29 is 22.7 Å². The molecule has 0 aliphatic carbocycles. The van der Waals surface area contributed by atoms with E-state index in [1.807, 2.05) is 7.05 Å². The number of rotatable bonds is 6. The highest BCUT2D eigenvalue weighted by molar-refractivity contribution is 7.89. The lowest BCUT2D eigenvalue weighted by atomic mass is 9.96. The Morgan fingerprint density at radius 2 is 2.00 bits per heavy atom. The van der Waals surface area contributed by atoms with Gasteiger partial charge in [-0.25, -0.2) is 8.42 Å². The van der Waals surface area contributed by atoms with Gasteiger partial charge in [0.25, 0.3) is 5.91 Å². The predicted octanol–water partition coefficient (Wildman–Crippen LogP) is 1.99. The molecule has 1 aromatic carbocycles. The molecule has 0 saturated carbocycles. The number of hydrogen-bond acceptors (Lipinski definition) is 5. The predicted molar refractivity (Wildman–Crippen MR) is 109 cm³/mol. The van der Waals surface area contributed by atoms with Crippen LogP contribution in [0, 0.1) is 12.8 Å². The average molecular weight is 424 g/mol. The van der Waals surface area contributed by atoms with Crippen LogP contribution >= 0.6 is 0 Å². The maximum absolute atomic E-state index is 13.2. The Morgan fingerprint density at radius 1 is 1.31 bits per heavy atom. The number of benzene rings is 1. The Balaban J connectivity index is 1.71. The summed E-state index contributed by atoms with van der Waals surface area (Å²) < 4.78 is 33.2. The van der Waals surface area contributed by atoms with Crippen molar-refractivity contribution in [3.8, 4) is 5.75 Å². The molecule has 0 radical (unpaired) electrons. The van der Waals surface area contributed by atoms with Crippen molar-refractivity contribution in [2.45, 2.75) is 44.4 Å². The zero-order chi connectivity index (χ0) is 21.2. The fourth-order valence-electron chi connectivity index (χ4n) is 3.79. The molecule has 1 N–H and O–H groups in total. The Kier molecular flexibility index (Phi) is 6.48. The molecule has 1 aromatic rings. The number of piperidine rings is 1. The Hall–Kier alpha value is -2.13. The van der Waals surface area contributed by atoms with E-state index in [0.717, 1.165) is 19.4 Å². The molecule has 2 aliphatic rings. The molecule has 1 saturated heterocycles. The summed E-state index contributed by atoms with van der Waals surface area (Å²) in [5, 5.41) is 2.69. The summed E-state index contributed by atoms with van der Waals surface area (Å²) in [7, 11) is -1.89. The van der Waals surface area contributed by atoms with Gasteiger partial charge in [0, 0.05) is 38.7 Å². The van der Waals surface area contributed by atoms with Crippen molar-refractivity contribution in [3.05, 3.63) is 17.7 Å². The molecule has 2 heterocycles. The number of carbonyl (C=O) groups is 2. The van der Waals surface area contributed by atoms with E-state index in [9.17, 15) is 18.0 Å². The lowest BCUT2D eigenvalue weighted by Gasteiger charge is -2.33.